The summed E-state index contributed by atoms with van der Waals surface area (Å²) in [6.07, 6.45) is -0.743. The summed E-state index contributed by atoms with van der Waals surface area (Å²) in [5.74, 6) is -0.522. The third kappa shape index (κ3) is 3.75. The molecule has 0 aliphatic carbocycles. The fourth-order valence-corrected chi connectivity index (χ4v) is 2.95. The molecule has 24 heavy (non-hydrogen) atoms. The average Bonchev–Trinajstić information content (AvgIpc) is 2.56. The van der Waals surface area contributed by atoms with Crippen molar-refractivity contribution in [2.24, 2.45) is 0 Å². The van der Waals surface area contributed by atoms with Crippen LogP contribution in [-0.2, 0) is 11.3 Å². The number of hydrogen-bond acceptors (Lipinski definition) is 7. The van der Waals surface area contributed by atoms with Gasteiger partial charge in [-0.25, -0.2) is 9.78 Å². The van der Waals surface area contributed by atoms with Gasteiger partial charge in [-0.2, -0.15) is 5.26 Å². The van der Waals surface area contributed by atoms with Gasteiger partial charge in [0.1, 0.15) is 0 Å². The van der Waals surface area contributed by atoms with Gasteiger partial charge in [-0.1, -0.05) is 11.8 Å². The number of aliphatic hydroxyl groups is 1. The first-order valence-electron chi connectivity index (χ1n) is 7.24. The second kappa shape index (κ2) is 7.47. The molecule has 0 aliphatic rings. The second-order valence-corrected chi connectivity index (χ2v) is 6.58. The smallest absolute Gasteiger partial charge is 0.337 e. The van der Waals surface area contributed by atoms with Gasteiger partial charge in [-0.15, -0.1) is 0 Å². The molecule has 2 atom stereocenters. The van der Waals surface area contributed by atoms with E-state index in [4.69, 9.17) is 5.26 Å². The van der Waals surface area contributed by atoms with Gasteiger partial charge >= 0.3 is 5.97 Å². The lowest BCUT2D eigenvalue weighted by Gasteiger charge is -2.15. The molecule has 7 nitrogen and oxygen atoms in total. The Morgan fingerprint density at radius 1 is 1.50 bits per heavy atom. The Hall–Kier alpha value is -2.37. The number of carbonyl (C=O) groups is 1. The number of fused-ring (bicyclic) bond motifs is 1. The van der Waals surface area contributed by atoms with Gasteiger partial charge < -0.3 is 9.84 Å². The van der Waals surface area contributed by atoms with Crippen molar-refractivity contribution in [3.05, 3.63) is 34.1 Å². The van der Waals surface area contributed by atoms with Gasteiger partial charge in [0.25, 0.3) is 5.56 Å². The minimum atomic E-state index is -0.743. The van der Waals surface area contributed by atoms with Crippen LogP contribution >= 0.6 is 11.8 Å². The predicted molar refractivity (Wildman–Crippen MR) is 90.0 cm³/mol. The maximum absolute atomic E-state index is 12.7. The number of thioether (sulfide) groups is 1. The lowest BCUT2D eigenvalue weighted by molar-refractivity contribution is 0.0601. The Kier molecular flexibility index (Phi) is 5.59. The largest absolute Gasteiger partial charge is 0.465 e. The van der Waals surface area contributed by atoms with Gasteiger partial charge in [-0.05, 0) is 32.0 Å². The van der Waals surface area contributed by atoms with Crippen molar-refractivity contribution in [3.63, 3.8) is 0 Å². The third-order valence-electron chi connectivity index (χ3n) is 3.25. The van der Waals surface area contributed by atoms with Crippen LogP contribution in [0.4, 0.5) is 0 Å². The number of nitriles is 1. The van der Waals surface area contributed by atoms with Crippen molar-refractivity contribution in [2.45, 2.75) is 36.9 Å². The Morgan fingerprint density at radius 2 is 2.21 bits per heavy atom. The molecule has 0 radical (unpaired) electrons. The Bertz CT molecular complexity index is 870. The van der Waals surface area contributed by atoms with E-state index in [2.05, 4.69) is 15.8 Å². The van der Waals surface area contributed by atoms with Gasteiger partial charge in [-0.3, -0.25) is 9.36 Å². The first-order chi connectivity index (χ1) is 11.4. The van der Waals surface area contributed by atoms with E-state index < -0.39 is 17.3 Å². The van der Waals surface area contributed by atoms with Crippen LogP contribution in [0.1, 0.15) is 24.2 Å². The molecule has 1 aromatic carbocycles. The highest BCUT2D eigenvalue weighted by atomic mass is 32.2. The minimum Gasteiger partial charge on any atom is -0.465 e. The van der Waals surface area contributed by atoms with Crippen molar-refractivity contribution in [1.82, 2.24) is 9.55 Å². The molecule has 1 aromatic heterocycles. The van der Waals surface area contributed by atoms with Crippen LogP contribution in [0.5, 0.6) is 0 Å². The van der Waals surface area contributed by atoms with Crippen LogP contribution in [0.15, 0.2) is 28.2 Å². The van der Waals surface area contributed by atoms with Crippen LogP contribution in [-0.4, -0.2) is 39.1 Å². The summed E-state index contributed by atoms with van der Waals surface area (Å²) in [5.41, 5.74) is 0.303. The van der Waals surface area contributed by atoms with Crippen molar-refractivity contribution < 1.29 is 14.6 Å². The van der Waals surface area contributed by atoms with E-state index in [1.165, 1.54) is 29.9 Å². The number of benzene rings is 1. The summed E-state index contributed by atoms with van der Waals surface area (Å²) in [7, 11) is 1.27. The van der Waals surface area contributed by atoms with Crippen LogP contribution in [0.3, 0.4) is 0 Å². The van der Waals surface area contributed by atoms with Gasteiger partial charge in [0.05, 0.1) is 47.5 Å². The SMILES string of the molecule is COC(=O)c1ccc2c(=O)n(C[C@H](C)O)c(S[C@@H](C)C#N)nc2c1. The Morgan fingerprint density at radius 3 is 2.79 bits per heavy atom. The van der Waals surface area contributed by atoms with Gasteiger partial charge in [0.15, 0.2) is 5.16 Å². The van der Waals surface area contributed by atoms with E-state index >= 15 is 0 Å². The molecule has 8 heteroatoms. The molecule has 0 bridgehead atoms. The summed E-state index contributed by atoms with van der Waals surface area (Å²) in [6, 6.07) is 6.56. The van der Waals surface area contributed by atoms with Gasteiger partial charge in [0, 0.05) is 0 Å². The highest BCUT2D eigenvalue weighted by Crippen LogP contribution is 2.23. The zero-order chi connectivity index (χ0) is 17.9. The number of aromatic nitrogens is 2. The molecule has 2 rings (SSSR count). The Labute approximate surface area is 142 Å². The quantitative estimate of drug-likeness (QED) is 0.497. The maximum Gasteiger partial charge on any atom is 0.337 e. The summed E-state index contributed by atoms with van der Waals surface area (Å²) in [4.78, 5) is 28.8. The second-order valence-electron chi connectivity index (χ2n) is 5.27. The number of rotatable bonds is 5. The van der Waals surface area contributed by atoms with E-state index in [1.54, 1.807) is 13.8 Å². The zero-order valence-corrected chi connectivity index (χ0v) is 14.3. The normalized spacial score (nSPS) is 13.3. The molecular weight excluding hydrogens is 330 g/mol. The van der Waals surface area contributed by atoms with E-state index in [-0.39, 0.29) is 17.7 Å². The van der Waals surface area contributed by atoms with Crippen LogP contribution in [0.25, 0.3) is 10.9 Å². The molecule has 0 amide bonds. The molecule has 0 saturated carbocycles. The standard InChI is InChI=1S/C16H17N3O4S/c1-9(20)8-19-14(21)12-5-4-11(15(22)23-3)6-13(12)18-16(19)24-10(2)7-17/h4-6,9-10,20H,8H2,1-3H3/t9-,10-/m0/s1. The fourth-order valence-electron chi connectivity index (χ4n) is 2.15. The number of hydrogen-bond donors (Lipinski definition) is 1. The molecule has 1 heterocycles. The van der Waals surface area contributed by atoms with Crippen molar-refractivity contribution >= 4 is 28.6 Å². The van der Waals surface area contributed by atoms with Crippen molar-refractivity contribution in [1.29, 1.82) is 5.26 Å². The van der Waals surface area contributed by atoms with Crippen LogP contribution < -0.4 is 5.56 Å². The number of carbonyl (C=O) groups excluding carboxylic acids is 1. The first-order valence-corrected chi connectivity index (χ1v) is 8.12. The summed E-state index contributed by atoms with van der Waals surface area (Å²) >= 11 is 1.12. The van der Waals surface area contributed by atoms with Crippen molar-refractivity contribution in [3.8, 4) is 6.07 Å². The summed E-state index contributed by atoms with van der Waals surface area (Å²) < 4.78 is 6.02. The fraction of sp³-hybridized carbons (Fsp3) is 0.375. The molecule has 126 valence electrons. The van der Waals surface area contributed by atoms with Crippen molar-refractivity contribution in [2.75, 3.05) is 7.11 Å². The highest BCUT2D eigenvalue weighted by Gasteiger charge is 2.17. The summed E-state index contributed by atoms with van der Waals surface area (Å²) in [5, 5.41) is 18.9. The average molecular weight is 347 g/mol. The van der Waals surface area contributed by atoms with Crippen LogP contribution in [0.2, 0.25) is 0 Å². The molecule has 0 saturated heterocycles. The number of nitrogens with zero attached hydrogens (tertiary/aromatic N) is 3. The highest BCUT2D eigenvalue weighted by molar-refractivity contribution is 8.00. The molecule has 0 aliphatic heterocycles. The Balaban J connectivity index is 2.67. The monoisotopic (exact) mass is 347 g/mol. The number of esters is 1. The van der Waals surface area contributed by atoms with Crippen LogP contribution in [0, 0.1) is 11.3 Å². The topological polar surface area (TPSA) is 105 Å². The molecular formula is C16H17N3O4S. The molecule has 0 fully saturated rings. The molecule has 1 N–H and O–H groups in total. The third-order valence-corrected chi connectivity index (χ3v) is 4.23. The maximum atomic E-state index is 12.7. The number of aliphatic hydroxyl groups excluding tert-OH is 1. The zero-order valence-electron chi connectivity index (χ0n) is 13.5. The van der Waals surface area contributed by atoms with E-state index in [9.17, 15) is 14.7 Å². The summed E-state index contributed by atoms with van der Waals surface area (Å²) in [6.45, 7) is 3.33. The lowest BCUT2D eigenvalue weighted by atomic mass is 10.1. The molecule has 0 unspecified atom stereocenters. The lowest BCUT2D eigenvalue weighted by Crippen LogP contribution is -2.28. The molecule has 0 spiro atoms. The molecule has 2 aromatic rings. The predicted octanol–water partition coefficient (Wildman–Crippen LogP) is 1.57. The van der Waals surface area contributed by atoms with E-state index in [0.29, 0.717) is 16.1 Å². The van der Waals surface area contributed by atoms with E-state index in [0.717, 1.165) is 11.8 Å². The number of methoxy groups -OCH3 is 1. The first kappa shape index (κ1) is 18.0. The van der Waals surface area contributed by atoms with Gasteiger partial charge in [0.2, 0.25) is 0 Å². The van der Waals surface area contributed by atoms with E-state index in [1.807, 2.05) is 0 Å². The minimum absolute atomic E-state index is 0.0704. The number of ether oxygens (including phenoxy) is 1.